The zero-order chi connectivity index (χ0) is 22.8. The number of rotatable bonds is 3. The maximum absolute atomic E-state index is 4.22. The fraction of sp³-hybridized carbons (Fsp3) is 0.172. The predicted octanol–water partition coefficient (Wildman–Crippen LogP) is 6.85. The predicted molar refractivity (Wildman–Crippen MR) is 137 cm³/mol. The van der Waals surface area contributed by atoms with Crippen LogP contribution < -0.4 is 14.7 Å². The number of pyridine rings is 1. The second-order valence-corrected chi connectivity index (χ2v) is 8.63. The molecule has 2 aliphatic rings. The zero-order valence-corrected chi connectivity index (χ0v) is 22.0. The molecule has 0 spiro atoms. The molecule has 0 N–H and O–H groups in total. The number of aromatic nitrogens is 1. The Labute approximate surface area is 216 Å². The first-order chi connectivity index (χ1) is 16.1. The molecule has 2 aliphatic heterocycles. The van der Waals surface area contributed by atoms with Crippen molar-refractivity contribution < 1.29 is 20.1 Å². The molecule has 0 unspecified atom stereocenters. The topological polar surface area (TPSA) is 22.6 Å². The van der Waals surface area contributed by atoms with Gasteiger partial charge in [-0.05, 0) is 49.1 Å². The van der Waals surface area contributed by atoms with Crippen LogP contribution in [-0.4, -0.2) is 18.6 Å². The molecule has 3 aromatic carbocycles. The number of nitrogens with zero attached hydrogens (tertiary/aromatic N) is 4. The van der Waals surface area contributed by atoms with E-state index in [1.54, 1.807) is 6.20 Å². The zero-order valence-electron chi connectivity index (χ0n) is 19.6. The minimum atomic E-state index is 0. The van der Waals surface area contributed by atoms with Crippen molar-refractivity contribution >= 4 is 28.4 Å². The Morgan fingerprint density at radius 2 is 1.62 bits per heavy atom. The molecule has 4 aromatic rings. The molecule has 4 nitrogen and oxygen atoms in total. The Hall–Kier alpha value is -3.14. The normalized spacial score (nSPS) is 13.0. The van der Waals surface area contributed by atoms with Gasteiger partial charge in [0, 0.05) is 11.9 Å². The van der Waals surface area contributed by atoms with E-state index in [9.17, 15) is 0 Å². The maximum atomic E-state index is 4.22. The van der Waals surface area contributed by atoms with Crippen LogP contribution in [0.2, 0.25) is 0 Å². The Balaban J connectivity index is 0.000000180. The minimum Gasteiger partial charge on any atom is -0.501 e. The number of hydrogen-bond acceptors (Lipinski definition) is 4. The van der Waals surface area contributed by atoms with Crippen LogP contribution in [0.15, 0.2) is 85.1 Å². The largest absolute Gasteiger partial charge is 3.00 e. The number of benzene rings is 3. The summed E-state index contributed by atoms with van der Waals surface area (Å²) in [4.78, 5) is 11.1. The molecule has 3 heterocycles. The van der Waals surface area contributed by atoms with Gasteiger partial charge >= 0.3 is 20.1 Å². The van der Waals surface area contributed by atoms with Crippen LogP contribution in [0.4, 0.5) is 28.4 Å². The Morgan fingerprint density at radius 3 is 2.35 bits per heavy atom. The molecule has 172 valence electrons. The number of para-hydroxylation sites is 2. The molecule has 0 aliphatic carbocycles. The second-order valence-electron chi connectivity index (χ2n) is 8.63. The molecule has 34 heavy (non-hydrogen) atoms. The van der Waals surface area contributed by atoms with E-state index >= 15 is 0 Å². The van der Waals surface area contributed by atoms with Crippen LogP contribution in [0.25, 0.3) is 11.3 Å². The van der Waals surface area contributed by atoms with E-state index in [1.165, 1.54) is 22.7 Å². The smallest absolute Gasteiger partial charge is 0.501 e. The van der Waals surface area contributed by atoms with E-state index in [4.69, 9.17) is 0 Å². The van der Waals surface area contributed by atoms with Crippen LogP contribution in [0, 0.1) is 24.7 Å². The van der Waals surface area contributed by atoms with Crippen LogP contribution in [0.5, 0.6) is 0 Å². The first-order valence-electron chi connectivity index (χ1n) is 11.3. The van der Waals surface area contributed by atoms with Gasteiger partial charge in [-0.15, -0.1) is 42.0 Å². The molecule has 5 heteroatoms. The van der Waals surface area contributed by atoms with Gasteiger partial charge in [-0.3, -0.25) is 0 Å². The first kappa shape index (κ1) is 24.0. The summed E-state index contributed by atoms with van der Waals surface area (Å²) in [5, 5.41) is 0. The third-order valence-corrected chi connectivity index (χ3v) is 5.79. The number of hydrogen-bond donors (Lipinski definition) is 0. The first-order valence-corrected chi connectivity index (χ1v) is 11.3. The van der Waals surface area contributed by atoms with Crippen molar-refractivity contribution in [1.29, 1.82) is 0 Å². The average molecular weight is 624 g/mol. The van der Waals surface area contributed by atoms with E-state index in [1.807, 2.05) is 54.6 Å². The number of fused-ring (bicyclic) bond motifs is 2. The summed E-state index contributed by atoms with van der Waals surface area (Å²) < 4.78 is 0. The van der Waals surface area contributed by atoms with Crippen LogP contribution in [-0.2, 0) is 20.1 Å². The molecule has 0 saturated carbocycles. The van der Waals surface area contributed by atoms with E-state index in [-0.39, 0.29) is 20.1 Å². The van der Waals surface area contributed by atoms with Gasteiger partial charge in [0.25, 0.3) is 0 Å². The van der Waals surface area contributed by atoms with Gasteiger partial charge in [0.15, 0.2) is 0 Å². The van der Waals surface area contributed by atoms with Crippen LogP contribution in [0.1, 0.15) is 13.8 Å². The molecule has 0 fully saturated rings. The standard InChI is InChI=1S/C18H19N3.C11H8N.Ir/c1-13(2)11-20-12-21-15-8-5-4-7-14(15)19(3)16-9-6-10-17(20)18(16)21;1-2-6-10(7-3-1)11-8-4-5-9-12-11;/h4-7,9-10,12-13H,11H2,1-3H3;1-6,8-9H;/q-2;-1;+3. The van der Waals surface area contributed by atoms with Crippen molar-refractivity contribution in [1.82, 2.24) is 4.98 Å². The fourth-order valence-electron chi connectivity index (χ4n) is 4.32. The van der Waals surface area contributed by atoms with Crippen molar-refractivity contribution in [3.05, 3.63) is 104 Å². The van der Waals surface area contributed by atoms with Crippen LogP contribution in [0.3, 0.4) is 0 Å². The monoisotopic (exact) mass is 624 g/mol. The fourth-order valence-corrected chi connectivity index (χ4v) is 4.32. The molecular formula is C29H27IrN4. The molecule has 0 bridgehead atoms. The maximum Gasteiger partial charge on any atom is 3.00 e. The third kappa shape index (κ3) is 4.59. The van der Waals surface area contributed by atoms with Crippen LogP contribution >= 0.6 is 0 Å². The van der Waals surface area contributed by atoms with Crippen molar-refractivity contribution in [3.8, 4) is 11.3 Å². The molecule has 0 amide bonds. The summed E-state index contributed by atoms with van der Waals surface area (Å²) in [6.45, 7) is 7.76. The van der Waals surface area contributed by atoms with Gasteiger partial charge < -0.3 is 19.7 Å². The van der Waals surface area contributed by atoms with E-state index in [0.29, 0.717) is 5.92 Å². The van der Waals surface area contributed by atoms with Crippen molar-refractivity contribution in [2.45, 2.75) is 13.8 Å². The van der Waals surface area contributed by atoms with Gasteiger partial charge in [-0.2, -0.15) is 24.9 Å². The summed E-state index contributed by atoms with van der Waals surface area (Å²) in [5.41, 5.74) is 8.15. The summed E-state index contributed by atoms with van der Waals surface area (Å²) in [6, 6.07) is 32.9. The van der Waals surface area contributed by atoms with Crippen molar-refractivity contribution in [2.24, 2.45) is 5.92 Å². The molecule has 6 rings (SSSR count). The Morgan fingerprint density at radius 1 is 0.853 bits per heavy atom. The number of anilines is 5. The minimum absolute atomic E-state index is 0. The van der Waals surface area contributed by atoms with E-state index in [2.05, 4.69) is 83.6 Å². The van der Waals surface area contributed by atoms with E-state index < -0.39 is 0 Å². The molecule has 1 aromatic heterocycles. The SMILES string of the molecule is CC(C)CN1[CH-]N2c3[c-]cccc3N(C)c3cccc1c32.[Ir+3].[c-]1ccccc1-c1ccccn1. The van der Waals surface area contributed by atoms with Gasteiger partial charge in [-0.1, -0.05) is 37.7 Å². The summed E-state index contributed by atoms with van der Waals surface area (Å²) in [7, 11) is 2.13. The average Bonchev–Trinajstić information content (AvgIpc) is 3.23. The Kier molecular flexibility index (Phi) is 7.35. The summed E-state index contributed by atoms with van der Waals surface area (Å²) in [5.74, 6) is 0.621. The van der Waals surface area contributed by atoms with Gasteiger partial charge in [-0.25, -0.2) is 0 Å². The molecule has 0 radical (unpaired) electrons. The molecule has 0 atom stereocenters. The van der Waals surface area contributed by atoms with E-state index in [0.717, 1.165) is 23.5 Å². The third-order valence-electron chi connectivity index (χ3n) is 5.79. The summed E-state index contributed by atoms with van der Waals surface area (Å²) >= 11 is 0. The molecule has 0 saturated heterocycles. The van der Waals surface area contributed by atoms with Gasteiger partial charge in [0.05, 0.1) is 11.4 Å². The second kappa shape index (κ2) is 10.4. The van der Waals surface area contributed by atoms with Gasteiger partial charge in [0.1, 0.15) is 0 Å². The quantitative estimate of drug-likeness (QED) is 0.233. The van der Waals surface area contributed by atoms with Gasteiger partial charge in [0.2, 0.25) is 0 Å². The van der Waals surface area contributed by atoms with Crippen molar-refractivity contribution in [2.75, 3.05) is 28.3 Å². The Bertz CT molecular complexity index is 1190. The molecular weight excluding hydrogens is 597 g/mol. The summed E-state index contributed by atoms with van der Waals surface area (Å²) in [6.07, 6.45) is 1.79. The van der Waals surface area contributed by atoms with Crippen molar-refractivity contribution in [3.63, 3.8) is 0 Å².